The van der Waals surface area contributed by atoms with Crippen LogP contribution in [0.25, 0.3) is 0 Å². The van der Waals surface area contributed by atoms with Crippen molar-refractivity contribution in [1.82, 2.24) is 5.32 Å². The van der Waals surface area contributed by atoms with E-state index in [1.807, 2.05) is 20.8 Å². The van der Waals surface area contributed by atoms with Crippen molar-refractivity contribution >= 4 is 11.9 Å². The van der Waals surface area contributed by atoms with Crippen LogP contribution >= 0.6 is 0 Å². The van der Waals surface area contributed by atoms with Crippen molar-refractivity contribution in [3.05, 3.63) is 0 Å². The van der Waals surface area contributed by atoms with E-state index in [1.54, 1.807) is 0 Å². The summed E-state index contributed by atoms with van der Waals surface area (Å²) in [5.41, 5.74) is 5.58. The van der Waals surface area contributed by atoms with Crippen molar-refractivity contribution in [2.45, 2.75) is 45.7 Å². The summed E-state index contributed by atoms with van der Waals surface area (Å²) in [5.74, 6) is -0.704. The first-order chi connectivity index (χ1) is 7.47. The average Bonchev–Trinajstić information content (AvgIpc) is 2.32. The minimum atomic E-state index is -0.611. The van der Waals surface area contributed by atoms with Crippen LogP contribution in [0.4, 0.5) is 0 Å². The summed E-state index contributed by atoms with van der Waals surface area (Å²) in [5, 5.41) is 2.63. The van der Waals surface area contributed by atoms with Crippen LogP contribution in [0.5, 0.6) is 0 Å². The largest absolute Gasteiger partial charge is 0.467 e. The summed E-state index contributed by atoms with van der Waals surface area (Å²) in [4.78, 5) is 23.1. The van der Waals surface area contributed by atoms with Gasteiger partial charge in [0, 0.05) is 0 Å². The summed E-state index contributed by atoms with van der Waals surface area (Å²) < 4.78 is 4.66. The number of carbonyl (C=O) groups is 2. The molecule has 0 rings (SSSR count). The Bertz CT molecular complexity index is 243. The minimum Gasteiger partial charge on any atom is -0.467 e. The Labute approximate surface area is 96.7 Å². The van der Waals surface area contributed by atoms with E-state index in [9.17, 15) is 9.59 Å². The fourth-order valence-corrected chi connectivity index (χ4v) is 1.24. The molecule has 5 nitrogen and oxygen atoms in total. The molecule has 0 saturated heterocycles. The molecule has 94 valence electrons. The quantitative estimate of drug-likeness (QED) is 0.648. The molecule has 0 aromatic heterocycles. The van der Waals surface area contributed by atoms with E-state index >= 15 is 0 Å². The standard InChI is InChI=1S/C11H22N2O3/c1-5-7(3)9(11(15)16-4)13-10(14)8(12)6-2/h7-9H,5-6,12H2,1-4H3,(H,13,14)/t7?,8-,9?/m0/s1. The zero-order valence-corrected chi connectivity index (χ0v) is 10.4. The Balaban J connectivity index is 4.55. The van der Waals surface area contributed by atoms with Crippen LogP contribution < -0.4 is 11.1 Å². The number of nitrogens with one attached hydrogen (secondary N) is 1. The van der Waals surface area contributed by atoms with Crippen LogP contribution in [0, 0.1) is 5.92 Å². The molecule has 0 spiro atoms. The number of nitrogens with two attached hydrogens (primary N) is 1. The van der Waals surface area contributed by atoms with Crippen molar-refractivity contribution in [3.8, 4) is 0 Å². The van der Waals surface area contributed by atoms with Gasteiger partial charge < -0.3 is 15.8 Å². The lowest BCUT2D eigenvalue weighted by atomic mass is 9.99. The first-order valence-electron chi connectivity index (χ1n) is 5.61. The number of hydrogen-bond donors (Lipinski definition) is 2. The van der Waals surface area contributed by atoms with Crippen molar-refractivity contribution in [2.24, 2.45) is 11.7 Å². The Morgan fingerprint density at radius 2 is 1.88 bits per heavy atom. The van der Waals surface area contributed by atoms with Gasteiger partial charge in [-0.25, -0.2) is 4.79 Å². The summed E-state index contributed by atoms with van der Waals surface area (Å²) in [7, 11) is 1.31. The number of rotatable bonds is 6. The van der Waals surface area contributed by atoms with Gasteiger partial charge in [-0.05, 0) is 12.3 Å². The number of methoxy groups -OCH3 is 1. The molecule has 0 bridgehead atoms. The lowest BCUT2D eigenvalue weighted by Gasteiger charge is -2.23. The summed E-state index contributed by atoms with van der Waals surface area (Å²) >= 11 is 0. The molecule has 0 radical (unpaired) electrons. The smallest absolute Gasteiger partial charge is 0.328 e. The van der Waals surface area contributed by atoms with E-state index in [1.165, 1.54) is 7.11 Å². The molecule has 0 heterocycles. The van der Waals surface area contributed by atoms with Crippen LogP contribution in [-0.4, -0.2) is 31.1 Å². The number of hydrogen-bond acceptors (Lipinski definition) is 4. The van der Waals surface area contributed by atoms with Gasteiger partial charge in [-0.2, -0.15) is 0 Å². The van der Waals surface area contributed by atoms with Gasteiger partial charge in [0.1, 0.15) is 6.04 Å². The summed E-state index contributed by atoms with van der Waals surface area (Å²) in [6.07, 6.45) is 1.32. The Kier molecular flexibility index (Phi) is 6.72. The highest BCUT2D eigenvalue weighted by molar-refractivity contribution is 5.87. The van der Waals surface area contributed by atoms with Gasteiger partial charge in [-0.15, -0.1) is 0 Å². The van der Waals surface area contributed by atoms with E-state index in [0.717, 1.165) is 6.42 Å². The van der Waals surface area contributed by atoms with E-state index < -0.39 is 18.1 Å². The first kappa shape index (κ1) is 14.9. The van der Waals surface area contributed by atoms with Gasteiger partial charge in [-0.3, -0.25) is 4.79 Å². The molecular formula is C11H22N2O3. The zero-order valence-electron chi connectivity index (χ0n) is 10.4. The summed E-state index contributed by atoms with van der Waals surface area (Å²) in [6, 6.07) is -1.18. The Morgan fingerprint density at radius 3 is 2.25 bits per heavy atom. The molecule has 0 saturated carbocycles. The highest BCUT2D eigenvalue weighted by Gasteiger charge is 2.27. The second-order valence-electron chi connectivity index (χ2n) is 3.91. The van der Waals surface area contributed by atoms with Crippen molar-refractivity contribution in [3.63, 3.8) is 0 Å². The van der Waals surface area contributed by atoms with Crippen LogP contribution in [0.2, 0.25) is 0 Å². The van der Waals surface area contributed by atoms with Gasteiger partial charge in [0.25, 0.3) is 0 Å². The molecule has 3 atom stereocenters. The van der Waals surface area contributed by atoms with Gasteiger partial charge in [0.05, 0.1) is 13.2 Å². The predicted octanol–water partition coefficient (Wildman–Crippen LogP) is 0.428. The van der Waals surface area contributed by atoms with Crippen molar-refractivity contribution in [1.29, 1.82) is 0 Å². The maximum Gasteiger partial charge on any atom is 0.328 e. The fourth-order valence-electron chi connectivity index (χ4n) is 1.24. The molecule has 3 N–H and O–H groups in total. The van der Waals surface area contributed by atoms with Crippen LogP contribution in [0.3, 0.4) is 0 Å². The summed E-state index contributed by atoms with van der Waals surface area (Å²) in [6.45, 7) is 5.66. The molecule has 0 aliphatic rings. The fraction of sp³-hybridized carbons (Fsp3) is 0.818. The van der Waals surface area contributed by atoms with Gasteiger partial charge >= 0.3 is 5.97 Å². The van der Waals surface area contributed by atoms with Crippen molar-refractivity contribution < 1.29 is 14.3 Å². The molecular weight excluding hydrogens is 208 g/mol. The van der Waals surface area contributed by atoms with Crippen molar-refractivity contribution in [2.75, 3.05) is 7.11 Å². The maximum absolute atomic E-state index is 11.6. The number of amides is 1. The molecule has 5 heteroatoms. The number of esters is 1. The monoisotopic (exact) mass is 230 g/mol. The number of ether oxygens (including phenoxy) is 1. The molecule has 16 heavy (non-hydrogen) atoms. The third-order valence-electron chi connectivity index (χ3n) is 2.74. The highest BCUT2D eigenvalue weighted by atomic mass is 16.5. The highest BCUT2D eigenvalue weighted by Crippen LogP contribution is 2.09. The zero-order chi connectivity index (χ0) is 12.7. The first-order valence-corrected chi connectivity index (χ1v) is 5.61. The predicted molar refractivity (Wildman–Crippen MR) is 61.7 cm³/mol. The third-order valence-corrected chi connectivity index (χ3v) is 2.74. The van der Waals surface area contributed by atoms with Crippen LogP contribution in [0.1, 0.15) is 33.6 Å². The van der Waals surface area contributed by atoms with Gasteiger partial charge in [0.2, 0.25) is 5.91 Å². The SMILES string of the molecule is CCC(C)C(NC(=O)[C@@H](N)CC)C(=O)OC. The second kappa shape index (κ2) is 7.22. The average molecular weight is 230 g/mol. The Hall–Kier alpha value is -1.10. The molecule has 0 fully saturated rings. The lowest BCUT2D eigenvalue weighted by molar-refractivity contribution is -0.146. The van der Waals surface area contributed by atoms with E-state index in [-0.39, 0.29) is 11.8 Å². The second-order valence-corrected chi connectivity index (χ2v) is 3.91. The van der Waals surface area contributed by atoms with E-state index in [0.29, 0.717) is 6.42 Å². The minimum absolute atomic E-state index is 0.0282. The molecule has 0 aromatic carbocycles. The van der Waals surface area contributed by atoms with Gasteiger partial charge in [-0.1, -0.05) is 27.2 Å². The molecule has 1 amide bonds. The Morgan fingerprint density at radius 1 is 1.31 bits per heavy atom. The number of carbonyl (C=O) groups excluding carboxylic acids is 2. The van der Waals surface area contributed by atoms with E-state index in [4.69, 9.17) is 5.73 Å². The molecule has 0 aliphatic carbocycles. The normalized spacial score (nSPS) is 16.1. The van der Waals surface area contributed by atoms with Crippen LogP contribution in [-0.2, 0) is 14.3 Å². The topological polar surface area (TPSA) is 81.4 Å². The molecule has 2 unspecified atom stereocenters. The third kappa shape index (κ3) is 4.18. The lowest BCUT2D eigenvalue weighted by Crippen LogP contribution is -2.51. The van der Waals surface area contributed by atoms with E-state index in [2.05, 4.69) is 10.1 Å². The molecule has 0 aromatic rings. The van der Waals surface area contributed by atoms with Gasteiger partial charge in [0.15, 0.2) is 0 Å². The maximum atomic E-state index is 11.6. The molecule has 0 aliphatic heterocycles. The van der Waals surface area contributed by atoms with Crippen LogP contribution in [0.15, 0.2) is 0 Å².